The predicted molar refractivity (Wildman–Crippen MR) is 194 cm³/mol. The van der Waals surface area contributed by atoms with Crippen LogP contribution in [-0.2, 0) is 26.2 Å². The summed E-state index contributed by atoms with van der Waals surface area (Å²) in [7, 11) is 0. The molecule has 0 aliphatic carbocycles. The van der Waals surface area contributed by atoms with Crippen molar-refractivity contribution in [1.29, 1.82) is 0 Å². The second kappa shape index (κ2) is 14.6. The molecular formula is C35H40F2N12O4. The molecule has 6 aromatic rings. The van der Waals surface area contributed by atoms with E-state index in [0.29, 0.717) is 30.0 Å². The number of imidazole rings is 2. The van der Waals surface area contributed by atoms with Gasteiger partial charge in [0.05, 0.1) is 40.0 Å². The van der Waals surface area contributed by atoms with Crippen LogP contribution in [0.4, 0.5) is 20.7 Å². The number of benzene rings is 2. The van der Waals surface area contributed by atoms with Crippen LogP contribution in [0.1, 0.15) is 80.8 Å². The number of aryl methyl sites for hydroxylation is 5. The molecule has 0 fully saturated rings. The van der Waals surface area contributed by atoms with Gasteiger partial charge < -0.3 is 20.6 Å². The molecule has 0 bridgehead atoms. The Hall–Kier alpha value is -6.46. The van der Waals surface area contributed by atoms with Crippen LogP contribution in [0, 0.1) is 13.8 Å². The number of fused-ring (bicyclic) bond motifs is 2. The van der Waals surface area contributed by atoms with Crippen molar-refractivity contribution in [1.82, 2.24) is 38.7 Å². The van der Waals surface area contributed by atoms with Crippen LogP contribution in [-0.4, -0.2) is 68.2 Å². The number of alkyl halides is 2. The molecular weight excluding hydrogens is 690 g/mol. The van der Waals surface area contributed by atoms with Gasteiger partial charge in [0.1, 0.15) is 11.4 Å². The van der Waals surface area contributed by atoms with Gasteiger partial charge >= 0.3 is 0 Å². The molecule has 2 aromatic carbocycles. The Bertz CT molecular complexity index is 2390. The average Bonchev–Trinajstić information content (AvgIpc) is 3.85. The first-order valence-electron chi connectivity index (χ1n) is 16.4. The number of halogens is 2. The molecule has 6 N–H and O–H groups in total. The fraction of sp³-hybridized carbons (Fsp3) is 0.314. The van der Waals surface area contributed by atoms with E-state index in [2.05, 4.69) is 30.8 Å². The zero-order valence-electron chi connectivity index (χ0n) is 28.8. The Morgan fingerprint density at radius 1 is 0.717 bits per heavy atom. The molecule has 0 radical (unpaired) electrons. The summed E-state index contributed by atoms with van der Waals surface area (Å²) in [6, 6.07) is 11.7. The minimum Gasteiger partial charge on any atom is -0.366 e. The molecule has 0 aliphatic heterocycles. The third-order valence-corrected chi connectivity index (χ3v) is 8.48. The van der Waals surface area contributed by atoms with Crippen molar-refractivity contribution in [2.24, 2.45) is 11.5 Å². The fourth-order valence-electron chi connectivity index (χ4n) is 6.00. The molecule has 278 valence electrons. The van der Waals surface area contributed by atoms with Crippen molar-refractivity contribution in [3.63, 3.8) is 0 Å². The van der Waals surface area contributed by atoms with E-state index in [4.69, 9.17) is 11.5 Å². The van der Waals surface area contributed by atoms with E-state index in [1.165, 1.54) is 54.9 Å². The lowest BCUT2D eigenvalue weighted by Crippen LogP contribution is -2.28. The van der Waals surface area contributed by atoms with Crippen LogP contribution < -0.4 is 22.1 Å². The molecule has 4 heterocycles. The van der Waals surface area contributed by atoms with E-state index in [1.54, 1.807) is 26.0 Å². The summed E-state index contributed by atoms with van der Waals surface area (Å²) in [5.74, 6) is -6.24. The van der Waals surface area contributed by atoms with E-state index in [-0.39, 0.29) is 64.9 Å². The van der Waals surface area contributed by atoms with Gasteiger partial charge in [-0.15, -0.1) is 0 Å². The summed E-state index contributed by atoms with van der Waals surface area (Å²) >= 11 is 0. The SMILES string of the molecule is C.CCn1nc(C)cc1C(=O)Nc1nc2cc(C(N)=O)ccc2n1CCC(F)(F)Cn1c(NC(=O)c2cc(C)nn2CC)nc2cc(C(N)=O)ccc21. The first kappa shape index (κ1) is 37.8. The number of nitrogens with two attached hydrogens (primary N) is 2. The van der Waals surface area contributed by atoms with E-state index in [1.807, 2.05) is 13.8 Å². The first-order chi connectivity index (χ1) is 24.7. The molecule has 0 atom stereocenters. The lowest BCUT2D eigenvalue weighted by molar-refractivity contribution is -0.0264. The summed E-state index contributed by atoms with van der Waals surface area (Å²) in [6.07, 6.45) is -0.751. The van der Waals surface area contributed by atoms with Crippen molar-refractivity contribution < 1.29 is 28.0 Å². The maximum absolute atomic E-state index is 16.2. The van der Waals surface area contributed by atoms with Gasteiger partial charge in [-0.3, -0.25) is 39.2 Å². The number of hydrogen-bond donors (Lipinski definition) is 4. The summed E-state index contributed by atoms with van der Waals surface area (Å²) in [4.78, 5) is 59.3. The van der Waals surface area contributed by atoms with E-state index < -0.39 is 42.5 Å². The van der Waals surface area contributed by atoms with Gasteiger partial charge in [-0.1, -0.05) is 7.43 Å². The Balaban J connectivity index is 0.00000541. The summed E-state index contributed by atoms with van der Waals surface area (Å²) in [6.45, 7) is 6.66. The maximum atomic E-state index is 16.2. The normalized spacial score (nSPS) is 11.5. The highest BCUT2D eigenvalue weighted by molar-refractivity contribution is 6.04. The van der Waals surface area contributed by atoms with Gasteiger partial charge in [-0.05, 0) is 76.2 Å². The second-order valence-corrected chi connectivity index (χ2v) is 12.2. The molecule has 0 unspecified atom stereocenters. The van der Waals surface area contributed by atoms with E-state index in [0.717, 1.165) is 0 Å². The highest BCUT2D eigenvalue weighted by Gasteiger charge is 2.33. The van der Waals surface area contributed by atoms with E-state index >= 15 is 8.78 Å². The molecule has 0 aliphatic rings. The van der Waals surface area contributed by atoms with Gasteiger partial charge in [0, 0.05) is 37.2 Å². The smallest absolute Gasteiger partial charge is 0.276 e. The van der Waals surface area contributed by atoms with Gasteiger partial charge in [0.25, 0.3) is 17.7 Å². The number of rotatable bonds is 13. The molecule has 4 aromatic heterocycles. The average molecular weight is 731 g/mol. The Morgan fingerprint density at radius 3 is 1.58 bits per heavy atom. The molecule has 4 amide bonds. The number of primary amides is 2. The minimum absolute atomic E-state index is 0. The van der Waals surface area contributed by atoms with Crippen LogP contribution in [0.25, 0.3) is 22.1 Å². The molecule has 0 saturated heterocycles. The second-order valence-electron chi connectivity index (χ2n) is 12.2. The minimum atomic E-state index is -3.43. The topological polar surface area (TPSA) is 216 Å². The number of amides is 4. The highest BCUT2D eigenvalue weighted by Crippen LogP contribution is 2.31. The maximum Gasteiger partial charge on any atom is 0.276 e. The molecule has 18 heteroatoms. The number of carbonyl (C=O) groups excluding carboxylic acids is 4. The number of aromatic nitrogens is 8. The first-order valence-corrected chi connectivity index (χ1v) is 16.4. The Kier molecular flexibility index (Phi) is 10.4. The number of carbonyl (C=O) groups is 4. The quantitative estimate of drug-likeness (QED) is 0.132. The van der Waals surface area contributed by atoms with Crippen LogP contribution in [0.2, 0.25) is 0 Å². The number of nitrogens with zero attached hydrogens (tertiary/aromatic N) is 8. The largest absolute Gasteiger partial charge is 0.366 e. The molecule has 0 spiro atoms. The lowest BCUT2D eigenvalue weighted by Gasteiger charge is -2.20. The van der Waals surface area contributed by atoms with Crippen LogP contribution in [0.15, 0.2) is 48.5 Å². The van der Waals surface area contributed by atoms with Gasteiger partial charge in [0.15, 0.2) is 0 Å². The molecule has 0 saturated carbocycles. The number of nitrogens with one attached hydrogen (secondary N) is 2. The van der Waals surface area contributed by atoms with Crippen molar-refractivity contribution in [2.45, 2.75) is 73.6 Å². The van der Waals surface area contributed by atoms with Crippen LogP contribution in [0.3, 0.4) is 0 Å². The zero-order valence-corrected chi connectivity index (χ0v) is 28.8. The summed E-state index contributed by atoms with van der Waals surface area (Å²) in [5.41, 5.74) is 13.9. The fourth-order valence-corrected chi connectivity index (χ4v) is 6.00. The zero-order chi connectivity index (χ0) is 37.5. The Morgan fingerprint density at radius 2 is 1.15 bits per heavy atom. The molecule has 16 nitrogen and oxygen atoms in total. The highest BCUT2D eigenvalue weighted by atomic mass is 19.3. The van der Waals surface area contributed by atoms with Gasteiger partial charge in [-0.2, -0.15) is 10.2 Å². The number of anilines is 2. The van der Waals surface area contributed by atoms with Crippen molar-refractivity contribution >= 4 is 57.6 Å². The van der Waals surface area contributed by atoms with Crippen LogP contribution >= 0.6 is 0 Å². The molecule has 6 rings (SSSR count). The lowest BCUT2D eigenvalue weighted by atomic mass is 10.1. The van der Waals surface area contributed by atoms with Gasteiger partial charge in [-0.25, -0.2) is 18.7 Å². The van der Waals surface area contributed by atoms with Crippen molar-refractivity contribution in [3.05, 3.63) is 82.4 Å². The summed E-state index contributed by atoms with van der Waals surface area (Å²) < 4.78 is 37.9. The third-order valence-electron chi connectivity index (χ3n) is 8.48. The van der Waals surface area contributed by atoms with E-state index in [9.17, 15) is 19.2 Å². The van der Waals surface area contributed by atoms with Crippen molar-refractivity contribution in [2.75, 3.05) is 10.6 Å². The molecule has 53 heavy (non-hydrogen) atoms. The predicted octanol–water partition coefficient (Wildman–Crippen LogP) is 4.50. The number of hydrogen-bond acceptors (Lipinski definition) is 8. The standard InChI is InChI=1S/C34H36F2N12O4.CH4/c1-5-47-26(13-18(3)43-47)30(51)41-32-39-22-15-20(28(37)49)7-9-24(22)45(32)12-11-34(35,36)17-46-25-10-8-21(29(38)50)16-23(25)40-33(46)42-31(52)27-14-19(4)44-48(27)6-2;/h7-10,13-16H,5-6,11-12,17H2,1-4H3,(H2,37,49)(H2,38,50)(H,39,41,51)(H,40,42,52);1H4. The third kappa shape index (κ3) is 7.61. The Labute approximate surface area is 302 Å². The monoisotopic (exact) mass is 730 g/mol. The van der Waals surface area contributed by atoms with Gasteiger partial charge in [0.2, 0.25) is 23.7 Å². The van der Waals surface area contributed by atoms with Crippen LogP contribution in [0.5, 0.6) is 0 Å². The van der Waals surface area contributed by atoms with Crippen molar-refractivity contribution in [3.8, 4) is 0 Å². The summed E-state index contributed by atoms with van der Waals surface area (Å²) in [5, 5.41) is 13.9.